The van der Waals surface area contributed by atoms with Crippen molar-refractivity contribution in [2.75, 3.05) is 6.54 Å². The van der Waals surface area contributed by atoms with Crippen molar-refractivity contribution in [3.8, 4) is 5.69 Å². The van der Waals surface area contributed by atoms with Crippen LogP contribution >= 0.6 is 27.3 Å². The number of aromatic nitrogens is 2. The van der Waals surface area contributed by atoms with Crippen LogP contribution in [0.3, 0.4) is 0 Å². The van der Waals surface area contributed by atoms with Gasteiger partial charge in [-0.1, -0.05) is 12.1 Å². The van der Waals surface area contributed by atoms with Gasteiger partial charge in [-0.05, 0) is 58.2 Å². The van der Waals surface area contributed by atoms with E-state index in [9.17, 15) is 4.79 Å². The van der Waals surface area contributed by atoms with E-state index in [0.717, 1.165) is 20.8 Å². The Hall–Kier alpha value is -1.92. The maximum absolute atomic E-state index is 11.9. The number of amides is 1. The first kappa shape index (κ1) is 15.0. The van der Waals surface area contributed by atoms with Crippen molar-refractivity contribution in [2.24, 2.45) is 0 Å². The Morgan fingerprint density at radius 3 is 2.68 bits per heavy atom. The Morgan fingerprint density at radius 1 is 1.23 bits per heavy atom. The maximum Gasteiger partial charge on any atom is 0.261 e. The van der Waals surface area contributed by atoms with Crippen LogP contribution in [0.5, 0.6) is 0 Å². The fourth-order valence-corrected chi connectivity index (χ4v) is 3.38. The van der Waals surface area contributed by atoms with Gasteiger partial charge in [0.05, 0.1) is 14.4 Å². The van der Waals surface area contributed by atoms with Gasteiger partial charge < -0.3 is 5.32 Å². The smallest absolute Gasteiger partial charge is 0.261 e. The number of carbonyl (C=O) groups is 1. The van der Waals surface area contributed by atoms with Crippen LogP contribution in [0.2, 0.25) is 0 Å². The molecule has 0 aliphatic heterocycles. The van der Waals surface area contributed by atoms with Crippen molar-refractivity contribution < 1.29 is 4.79 Å². The summed E-state index contributed by atoms with van der Waals surface area (Å²) in [5.41, 5.74) is 2.21. The first-order chi connectivity index (χ1) is 10.7. The van der Waals surface area contributed by atoms with Crippen molar-refractivity contribution in [2.45, 2.75) is 6.42 Å². The van der Waals surface area contributed by atoms with Crippen molar-refractivity contribution in [1.29, 1.82) is 0 Å². The molecule has 0 unspecified atom stereocenters. The minimum atomic E-state index is -0.0242. The van der Waals surface area contributed by atoms with Crippen LogP contribution in [0.25, 0.3) is 5.69 Å². The highest BCUT2D eigenvalue weighted by molar-refractivity contribution is 9.11. The molecule has 0 aliphatic rings. The van der Waals surface area contributed by atoms with E-state index in [1.165, 1.54) is 16.9 Å². The zero-order chi connectivity index (χ0) is 15.4. The Labute approximate surface area is 140 Å². The molecule has 3 aromatic rings. The van der Waals surface area contributed by atoms with Gasteiger partial charge >= 0.3 is 0 Å². The van der Waals surface area contributed by atoms with E-state index < -0.39 is 0 Å². The molecule has 0 fully saturated rings. The molecule has 0 atom stereocenters. The SMILES string of the molecule is O=C(NCCc1ccc(-n2cccn2)cc1)c1ccc(Br)s1. The van der Waals surface area contributed by atoms with Gasteiger partial charge in [-0.3, -0.25) is 4.79 Å². The normalized spacial score (nSPS) is 10.6. The second kappa shape index (κ2) is 6.89. The number of carbonyl (C=O) groups excluding carboxylic acids is 1. The standard InChI is InChI=1S/C16H14BrN3OS/c17-15-7-6-14(22-15)16(21)18-10-8-12-2-4-13(5-3-12)20-11-1-9-19-20/h1-7,9,11H,8,10H2,(H,18,21). The molecule has 0 saturated carbocycles. The van der Waals surface area contributed by atoms with Crippen LogP contribution in [-0.2, 0) is 6.42 Å². The van der Waals surface area contributed by atoms with Crippen molar-refractivity contribution in [1.82, 2.24) is 15.1 Å². The highest BCUT2D eigenvalue weighted by Crippen LogP contribution is 2.21. The van der Waals surface area contributed by atoms with Crippen LogP contribution in [0.15, 0.2) is 58.6 Å². The van der Waals surface area contributed by atoms with Gasteiger partial charge in [-0.15, -0.1) is 11.3 Å². The van der Waals surface area contributed by atoms with E-state index in [-0.39, 0.29) is 5.91 Å². The van der Waals surface area contributed by atoms with Crippen LogP contribution in [-0.4, -0.2) is 22.2 Å². The number of nitrogens with zero attached hydrogens (tertiary/aromatic N) is 2. The topological polar surface area (TPSA) is 46.9 Å². The Morgan fingerprint density at radius 2 is 2.05 bits per heavy atom. The monoisotopic (exact) mass is 375 g/mol. The average Bonchev–Trinajstić information content (AvgIpc) is 3.19. The molecule has 0 aliphatic carbocycles. The number of nitrogens with one attached hydrogen (secondary N) is 1. The predicted molar refractivity (Wildman–Crippen MR) is 91.6 cm³/mol. The van der Waals surface area contributed by atoms with Gasteiger partial charge in [0.1, 0.15) is 0 Å². The van der Waals surface area contributed by atoms with E-state index in [0.29, 0.717) is 6.54 Å². The van der Waals surface area contributed by atoms with Gasteiger partial charge in [-0.25, -0.2) is 4.68 Å². The molecule has 112 valence electrons. The zero-order valence-corrected chi connectivity index (χ0v) is 14.1. The van der Waals surface area contributed by atoms with Crippen LogP contribution in [0.4, 0.5) is 0 Å². The molecule has 22 heavy (non-hydrogen) atoms. The first-order valence-corrected chi connectivity index (χ1v) is 8.46. The maximum atomic E-state index is 11.9. The Kier molecular flexibility index (Phi) is 4.70. The predicted octanol–water partition coefficient (Wildman–Crippen LogP) is 3.67. The second-order valence-corrected chi connectivity index (χ2v) is 7.19. The third kappa shape index (κ3) is 3.64. The second-order valence-electron chi connectivity index (χ2n) is 4.73. The molecule has 0 bridgehead atoms. The lowest BCUT2D eigenvalue weighted by Gasteiger charge is -2.06. The number of rotatable bonds is 5. The highest BCUT2D eigenvalue weighted by Gasteiger charge is 2.07. The van der Waals surface area contributed by atoms with E-state index in [4.69, 9.17) is 0 Å². The number of benzene rings is 1. The largest absolute Gasteiger partial charge is 0.351 e. The summed E-state index contributed by atoms with van der Waals surface area (Å²) in [4.78, 5) is 12.6. The molecule has 2 heterocycles. The minimum Gasteiger partial charge on any atom is -0.351 e. The summed E-state index contributed by atoms with van der Waals surface area (Å²) in [6.45, 7) is 0.621. The molecule has 0 radical (unpaired) electrons. The molecule has 0 saturated heterocycles. The van der Waals surface area contributed by atoms with Gasteiger partial charge in [0.25, 0.3) is 5.91 Å². The van der Waals surface area contributed by atoms with E-state index in [2.05, 4.69) is 38.5 Å². The summed E-state index contributed by atoms with van der Waals surface area (Å²) in [5, 5.41) is 7.13. The van der Waals surface area contributed by atoms with E-state index >= 15 is 0 Å². The summed E-state index contributed by atoms with van der Waals surface area (Å²) in [6.07, 6.45) is 4.47. The molecular formula is C16H14BrN3OS. The minimum absolute atomic E-state index is 0.0242. The third-order valence-electron chi connectivity index (χ3n) is 3.20. The number of halogens is 1. The molecule has 1 N–H and O–H groups in total. The fraction of sp³-hybridized carbons (Fsp3) is 0.125. The molecule has 1 aromatic carbocycles. The van der Waals surface area contributed by atoms with Gasteiger partial charge in [0, 0.05) is 18.9 Å². The highest BCUT2D eigenvalue weighted by atomic mass is 79.9. The summed E-state index contributed by atoms with van der Waals surface area (Å²) < 4.78 is 2.78. The van der Waals surface area contributed by atoms with Gasteiger partial charge in [0.2, 0.25) is 0 Å². The first-order valence-electron chi connectivity index (χ1n) is 6.85. The molecule has 4 nitrogen and oxygen atoms in total. The van der Waals surface area contributed by atoms with Crippen LogP contribution < -0.4 is 5.32 Å². The lowest BCUT2D eigenvalue weighted by atomic mass is 10.1. The molecule has 2 aromatic heterocycles. The molecular weight excluding hydrogens is 362 g/mol. The zero-order valence-electron chi connectivity index (χ0n) is 11.7. The third-order valence-corrected chi connectivity index (χ3v) is 4.82. The number of hydrogen-bond acceptors (Lipinski definition) is 3. The number of hydrogen-bond donors (Lipinski definition) is 1. The average molecular weight is 376 g/mol. The summed E-state index contributed by atoms with van der Waals surface area (Å²) >= 11 is 4.80. The van der Waals surface area contributed by atoms with Gasteiger partial charge in [0.15, 0.2) is 0 Å². The lowest BCUT2D eigenvalue weighted by molar-refractivity contribution is 0.0958. The van der Waals surface area contributed by atoms with E-state index in [1.54, 1.807) is 6.20 Å². The number of thiophene rings is 1. The van der Waals surface area contributed by atoms with Gasteiger partial charge in [-0.2, -0.15) is 5.10 Å². The van der Waals surface area contributed by atoms with E-state index in [1.807, 2.05) is 41.2 Å². The quantitative estimate of drug-likeness (QED) is 0.739. The van der Waals surface area contributed by atoms with Crippen LogP contribution in [0.1, 0.15) is 15.2 Å². The van der Waals surface area contributed by atoms with Crippen LogP contribution in [0, 0.1) is 0 Å². The van der Waals surface area contributed by atoms with Crippen molar-refractivity contribution >= 4 is 33.2 Å². The summed E-state index contributed by atoms with van der Waals surface area (Å²) in [5.74, 6) is -0.0242. The Balaban J connectivity index is 1.52. The van der Waals surface area contributed by atoms with Crippen molar-refractivity contribution in [3.05, 3.63) is 69.1 Å². The molecule has 6 heteroatoms. The summed E-state index contributed by atoms with van der Waals surface area (Å²) in [7, 11) is 0. The Bertz CT molecular complexity index is 750. The fourth-order valence-electron chi connectivity index (χ4n) is 2.08. The van der Waals surface area contributed by atoms with Crippen molar-refractivity contribution in [3.63, 3.8) is 0 Å². The molecule has 0 spiro atoms. The lowest BCUT2D eigenvalue weighted by Crippen LogP contribution is -2.24. The summed E-state index contributed by atoms with van der Waals surface area (Å²) in [6, 6.07) is 13.8. The molecule has 1 amide bonds. The molecule has 3 rings (SSSR count).